The summed E-state index contributed by atoms with van der Waals surface area (Å²) in [5.74, 6) is -0.936. The third-order valence-corrected chi connectivity index (χ3v) is 10.8. The van der Waals surface area contributed by atoms with E-state index in [1.807, 2.05) is 0 Å². The SMILES string of the molecule is CC/C=C\C/C=C\C/C=C\CCCCCCCCC(=O)OC(COC(=O)CCCC/C=C\C/C=C\CC)COC(=O)CCCCCCCCCCCCCCCCCCC. The first-order chi connectivity index (χ1) is 29.5. The molecule has 1 atom stereocenters. The molecule has 0 aliphatic carbocycles. The van der Waals surface area contributed by atoms with E-state index in [-0.39, 0.29) is 31.1 Å². The lowest BCUT2D eigenvalue weighted by atomic mass is 10.0. The molecule has 0 aromatic heterocycles. The molecule has 1 unspecified atom stereocenters. The molecule has 0 fully saturated rings. The molecule has 0 aliphatic heterocycles. The highest BCUT2D eigenvalue weighted by Gasteiger charge is 2.19. The van der Waals surface area contributed by atoms with Crippen LogP contribution in [0.15, 0.2) is 60.8 Å². The number of rotatable bonds is 45. The Labute approximate surface area is 370 Å². The molecule has 6 nitrogen and oxygen atoms in total. The van der Waals surface area contributed by atoms with Crippen LogP contribution in [0.5, 0.6) is 0 Å². The normalized spacial score (nSPS) is 12.5. The van der Waals surface area contributed by atoms with Crippen LogP contribution in [0.4, 0.5) is 0 Å². The van der Waals surface area contributed by atoms with E-state index >= 15 is 0 Å². The second-order valence-electron chi connectivity index (χ2n) is 16.7. The molecule has 0 bridgehead atoms. The first-order valence-electron chi connectivity index (χ1n) is 25.3. The number of hydrogen-bond donors (Lipinski definition) is 0. The number of allylic oxidation sites excluding steroid dienone is 10. The molecule has 0 heterocycles. The lowest BCUT2D eigenvalue weighted by molar-refractivity contribution is -0.167. The van der Waals surface area contributed by atoms with Gasteiger partial charge in [0.1, 0.15) is 13.2 Å². The average molecular weight is 839 g/mol. The van der Waals surface area contributed by atoms with Gasteiger partial charge in [-0.2, -0.15) is 0 Å². The molecule has 346 valence electrons. The van der Waals surface area contributed by atoms with Crippen LogP contribution in [0.3, 0.4) is 0 Å². The molecule has 0 aromatic rings. The minimum Gasteiger partial charge on any atom is -0.462 e. The fraction of sp³-hybridized carbons (Fsp3) is 0.759. The van der Waals surface area contributed by atoms with E-state index in [4.69, 9.17) is 14.2 Å². The first kappa shape index (κ1) is 57.1. The number of esters is 3. The van der Waals surface area contributed by atoms with Crippen molar-refractivity contribution >= 4 is 17.9 Å². The number of unbranched alkanes of at least 4 members (excludes halogenated alkanes) is 24. The number of ether oxygens (including phenoxy) is 3. The van der Waals surface area contributed by atoms with E-state index in [1.165, 1.54) is 103 Å². The van der Waals surface area contributed by atoms with E-state index in [0.29, 0.717) is 19.3 Å². The monoisotopic (exact) mass is 839 g/mol. The van der Waals surface area contributed by atoms with E-state index in [1.54, 1.807) is 0 Å². The topological polar surface area (TPSA) is 78.9 Å². The summed E-state index contributed by atoms with van der Waals surface area (Å²) in [6.45, 7) is 6.37. The molecular weight excluding hydrogens is 745 g/mol. The minimum atomic E-state index is -0.790. The third kappa shape index (κ3) is 46.2. The third-order valence-electron chi connectivity index (χ3n) is 10.8. The van der Waals surface area contributed by atoms with Gasteiger partial charge in [0, 0.05) is 19.3 Å². The van der Waals surface area contributed by atoms with Crippen LogP contribution >= 0.6 is 0 Å². The minimum absolute atomic E-state index is 0.0882. The lowest BCUT2D eigenvalue weighted by Gasteiger charge is -2.18. The highest BCUT2D eigenvalue weighted by molar-refractivity contribution is 5.71. The van der Waals surface area contributed by atoms with E-state index in [0.717, 1.165) is 103 Å². The number of hydrogen-bond acceptors (Lipinski definition) is 6. The lowest BCUT2D eigenvalue weighted by Crippen LogP contribution is -2.30. The van der Waals surface area contributed by atoms with Crippen molar-refractivity contribution in [3.8, 4) is 0 Å². The Morgan fingerprint density at radius 1 is 0.350 bits per heavy atom. The van der Waals surface area contributed by atoms with Gasteiger partial charge >= 0.3 is 17.9 Å². The summed E-state index contributed by atoms with van der Waals surface area (Å²) in [5, 5.41) is 0. The second kappa shape index (κ2) is 48.8. The van der Waals surface area contributed by atoms with Crippen molar-refractivity contribution < 1.29 is 28.6 Å². The Hall–Kier alpha value is -2.89. The van der Waals surface area contributed by atoms with Crippen molar-refractivity contribution in [2.75, 3.05) is 13.2 Å². The van der Waals surface area contributed by atoms with Gasteiger partial charge < -0.3 is 14.2 Å². The Balaban J connectivity index is 4.34. The van der Waals surface area contributed by atoms with Crippen molar-refractivity contribution in [1.82, 2.24) is 0 Å². The van der Waals surface area contributed by atoms with Crippen LogP contribution in [0.2, 0.25) is 0 Å². The Kier molecular flexibility index (Phi) is 46.4. The van der Waals surface area contributed by atoms with Gasteiger partial charge in [0.15, 0.2) is 6.10 Å². The van der Waals surface area contributed by atoms with Gasteiger partial charge in [0.05, 0.1) is 0 Å². The van der Waals surface area contributed by atoms with Gasteiger partial charge in [-0.1, -0.05) is 210 Å². The van der Waals surface area contributed by atoms with Crippen molar-refractivity contribution in [3.05, 3.63) is 60.8 Å². The molecule has 0 rings (SSSR count). The zero-order valence-corrected chi connectivity index (χ0v) is 39.5. The molecule has 6 heteroatoms. The van der Waals surface area contributed by atoms with Crippen LogP contribution in [0.25, 0.3) is 0 Å². The average Bonchev–Trinajstić information content (AvgIpc) is 3.24. The molecule has 0 saturated carbocycles. The van der Waals surface area contributed by atoms with Crippen molar-refractivity contribution in [1.29, 1.82) is 0 Å². The maximum atomic E-state index is 12.8. The summed E-state index contributed by atoms with van der Waals surface area (Å²) in [5.41, 5.74) is 0. The van der Waals surface area contributed by atoms with Gasteiger partial charge in [0.2, 0.25) is 0 Å². The molecule has 0 saturated heterocycles. The molecule has 0 aliphatic rings. The number of carbonyl (C=O) groups is 3. The first-order valence-corrected chi connectivity index (χ1v) is 25.3. The zero-order chi connectivity index (χ0) is 43.7. The van der Waals surface area contributed by atoms with Crippen molar-refractivity contribution in [2.45, 2.75) is 252 Å². The molecular formula is C54H94O6. The van der Waals surface area contributed by atoms with Crippen LogP contribution in [0, 0.1) is 0 Å². The quantitative estimate of drug-likeness (QED) is 0.0263. The summed E-state index contributed by atoms with van der Waals surface area (Å²) in [4.78, 5) is 37.8. The second-order valence-corrected chi connectivity index (χ2v) is 16.7. The van der Waals surface area contributed by atoms with E-state index < -0.39 is 6.10 Å². The summed E-state index contributed by atoms with van der Waals surface area (Å²) >= 11 is 0. The summed E-state index contributed by atoms with van der Waals surface area (Å²) in [7, 11) is 0. The number of carbonyl (C=O) groups excluding carboxylic acids is 3. The molecule has 0 N–H and O–H groups in total. The van der Waals surface area contributed by atoms with Crippen molar-refractivity contribution in [2.24, 2.45) is 0 Å². The fourth-order valence-corrected chi connectivity index (χ4v) is 7.02. The van der Waals surface area contributed by atoms with E-state index in [2.05, 4.69) is 81.5 Å². The molecule has 0 aromatic carbocycles. The van der Waals surface area contributed by atoms with Gasteiger partial charge in [-0.05, 0) is 77.0 Å². The van der Waals surface area contributed by atoms with Crippen molar-refractivity contribution in [3.63, 3.8) is 0 Å². The molecule has 0 amide bonds. The van der Waals surface area contributed by atoms with Gasteiger partial charge in [0.25, 0.3) is 0 Å². The fourth-order valence-electron chi connectivity index (χ4n) is 7.02. The van der Waals surface area contributed by atoms with Gasteiger partial charge in [-0.15, -0.1) is 0 Å². The standard InChI is InChI=1S/C54H94O6/c1-4-7-10-13-16-19-21-23-25-27-29-30-32-35-38-41-44-47-53(56)59-50-51(49-58-52(55)46-43-40-37-34-18-15-12-9-6-3)60-54(57)48-45-42-39-36-33-31-28-26-24-22-20-17-14-11-8-5-2/h8-9,11-12,17-18,20,24,26,34,51H,4-7,10,13-16,19,21-23,25,27-33,35-50H2,1-3H3/b11-8-,12-9-,20-17-,26-24-,34-18-. The molecule has 0 spiro atoms. The predicted molar refractivity (Wildman–Crippen MR) is 256 cm³/mol. The Bertz CT molecular complexity index is 1100. The Morgan fingerprint density at radius 2 is 0.650 bits per heavy atom. The van der Waals surface area contributed by atoms with Crippen LogP contribution in [0.1, 0.15) is 245 Å². The largest absolute Gasteiger partial charge is 0.462 e. The highest BCUT2D eigenvalue weighted by Crippen LogP contribution is 2.15. The summed E-state index contributed by atoms with van der Waals surface area (Å²) in [6, 6.07) is 0. The maximum Gasteiger partial charge on any atom is 0.306 e. The molecule has 60 heavy (non-hydrogen) atoms. The predicted octanol–water partition coefficient (Wildman–Crippen LogP) is 16.5. The Morgan fingerprint density at radius 3 is 1.05 bits per heavy atom. The maximum absolute atomic E-state index is 12.8. The summed E-state index contributed by atoms with van der Waals surface area (Å²) < 4.78 is 16.7. The van der Waals surface area contributed by atoms with Crippen LogP contribution in [-0.2, 0) is 28.6 Å². The van der Waals surface area contributed by atoms with E-state index in [9.17, 15) is 14.4 Å². The smallest absolute Gasteiger partial charge is 0.306 e. The van der Waals surface area contributed by atoms with Crippen LogP contribution < -0.4 is 0 Å². The van der Waals surface area contributed by atoms with Gasteiger partial charge in [-0.25, -0.2) is 0 Å². The van der Waals surface area contributed by atoms with Gasteiger partial charge in [-0.3, -0.25) is 14.4 Å². The highest BCUT2D eigenvalue weighted by atomic mass is 16.6. The zero-order valence-electron chi connectivity index (χ0n) is 39.5. The molecule has 0 radical (unpaired) electrons. The van der Waals surface area contributed by atoms with Crippen LogP contribution in [-0.4, -0.2) is 37.2 Å². The summed E-state index contributed by atoms with van der Waals surface area (Å²) in [6.07, 6.45) is 59.3.